The van der Waals surface area contributed by atoms with E-state index in [4.69, 9.17) is 23.8 Å². The van der Waals surface area contributed by atoms with Gasteiger partial charge in [-0.15, -0.1) is 10.2 Å². The highest BCUT2D eigenvalue weighted by molar-refractivity contribution is 7.98. The molecule has 2 N–H and O–H groups in total. The van der Waals surface area contributed by atoms with Crippen LogP contribution in [-0.2, 0) is 12.3 Å². The molecule has 0 radical (unpaired) electrons. The van der Waals surface area contributed by atoms with Crippen LogP contribution in [0.2, 0.25) is 5.02 Å². The number of aromatic nitrogens is 3. The Kier molecular flexibility index (Phi) is 7.16. The van der Waals surface area contributed by atoms with Crippen molar-refractivity contribution in [2.45, 2.75) is 62.5 Å². The summed E-state index contributed by atoms with van der Waals surface area (Å²) in [5.41, 5.74) is 1.09. The van der Waals surface area contributed by atoms with Crippen molar-refractivity contribution in [2.24, 2.45) is 0 Å². The predicted octanol–water partition coefficient (Wildman–Crippen LogP) is 4.86. The predicted molar refractivity (Wildman–Crippen MR) is 113 cm³/mol. The van der Waals surface area contributed by atoms with Gasteiger partial charge >= 0.3 is 0 Å². The second-order valence-corrected chi connectivity index (χ2v) is 8.12. The highest BCUT2D eigenvalue weighted by Gasteiger charge is 2.17. The Morgan fingerprint density at radius 2 is 2.04 bits per heavy atom. The standard InChI is InChI=1S/C18H24ClN5S2/c1-2-24-16(21-17(25)20-14-9-4-3-5-10-14)22-23-18(24)26-12-13-8-6-7-11-15(13)19/h6-8,11,14H,2-5,9-10,12H2,1H3,(H2,20,21,22,25). The molecule has 1 heterocycles. The molecule has 1 fully saturated rings. The Labute approximate surface area is 169 Å². The van der Waals surface area contributed by atoms with E-state index in [0.717, 1.165) is 28.0 Å². The van der Waals surface area contributed by atoms with Crippen LogP contribution in [0.15, 0.2) is 29.4 Å². The number of thioether (sulfide) groups is 1. The van der Waals surface area contributed by atoms with Gasteiger partial charge in [0, 0.05) is 23.4 Å². The van der Waals surface area contributed by atoms with Crippen molar-refractivity contribution in [3.05, 3.63) is 34.9 Å². The molecule has 1 aliphatic carbocycles. The molecule has 1 saturated carbocycles. The van der Waals surface area contributed by atoms with Gasteiger partial charge in [-0.2, -0.15) is 0 Å². The maximum absolute atomic E-state index is 6.24. The lowest BCUT2D eigenvalue weighted by Crippen LogP contribution is -2.39. The van der Waals surface area contributed by atoms with Crippen LogP contribution >= 0.6 is 35.6 Å². The van der Waals surface area contributed by atoms with Gasteiger partial charge in [0.2, 0.25) is 5.95 Å². The fourth-order valence-corrected chi connectivity index (χ4v) is 4.65. The molecule has 0 unspecified atom stereocenters. The summed E-state index contributed by atoms with van der Waals surface area (Å²) in [6.45, 7) is 2.85. The monoisotopic (exact) mass is 409 g/mol. The Balaban J connectivity index is 1.60. The Morgan fingerprint density at radius 1 is 1.27 bits per heavy atom. The summed E-state index contributed by atoms with van der Waals surface area (Å²) in [5, 5.41) is 17.5. The van der Waals surface area contributed by atoms with Gasteiger partial charge < -0.3 is 10.6 Å². The van der Waals surface area contributed by atoms with Gasteiger partial charge in [0.1, 0.15) is 0 Å². The minimum absolute atomic E-state index is 0.468. The first-order chi connectivity index (χ1) is 12.7. The minimum Gasteiger partial charge on any atom is -0.360 e. The quantitative estimate of drug-likeness (QED) is 0.524. The zero-order chi connectivity index (χ0) is 18.4. The van der Waals surface area contributed by atoms with E-state index in [1.807, 2.05) is 28.8 Å². The summed E-state index contributed by atoms with van der Waals surface area (Å²) in [7, 11) is 0. The number of hydrogen-bond acceptors (Lipinski definition) is 4. The summed E-state index contributed by atoms with van der Waals surface area (Å²) in [6, 6.07) is 8.34. The van der Waals surface area contributed by atoms with Crippen molar-refractivity contribution >= 4 is 46.6 Å². The zero-order valence-electron chi connectivity index (χ0n) is 14.9. The topological polar surface area (TPSA) is 54.8 Å². The lowest BCUT2D eigenvalue weighted by atomic mass is 9.96. The van der Waals surface area contributed by atoms with Crippen LogP contribution in [0.25, 0.3) is 0 Å². The van der Waals surface area contributed by atoms with E-state index in [-0.39, 0.29) is 0 Å². The Hall–Kier alpha value is -1.31. The molecule has 0 amide bonds. The fourth-order valence-electron chi connectivity index (χ4n) is 3.10. The maximum atomic E-state index is 6.24. The molecule has 0 atom stereocenters. The van der Waals surface area contributed by atoms with E-state index in [2.05, 4.69) is 27.8 Å². The summed E-state index contributed by atoms with van der Waals surface area (Å²) < 4.78 is 2.04. The average molecular weight is 410 g/mol. The number of anilines is 1. The van der Waals surface area contributed by atoms with Gasteiger partial charge in [0.25, 0.3) is 0 Å². The van der Waals surface area contributed by atoms with Gasteiger partial charge in [0.15, 0.2) is 10.3 Å². The molecule has 8 heteroatoms. The van der Waals surface area contributed by atoms with Crippen molar-refractivity contribution in [1.82, 2.24) is 20.1 Å². The first kappa shape index (κ1) is 19.5. The number of hydrogen-bond donors (Lipinski definition) is 2. The van der Waals surface area contributed by atoms with Crippen LogP contribution < -0.4 is 10.6 Å². The first-order valence-corrected chi connectivity index (χ1v) is 10.8. The van der Waals surface area contributed by atoms with Gasteiger partial charge in [-0.05, 0) is 43.6 Å². The number of nitrogens with one attached hydrogen (secondary N) is 2. The highest BCUT2D eigenvalue weighted by Crippen LogP contribution is 2.27. The van der Waals surface area contributed by atoms with Crippen molar-refractivity contribution in [1.29, 1.82) is 0 Å². The molecule has 0 saturated heterocycles. The Morgan fingerprint density at radius 3 is 2.77 bits per heavy atom. The lowest BCUT2D eigenvalue weighted by molar-refractivity contribution is 0.414. The number of benzene rings is 1. The number of halogens is 1. The SMILES string of the molecule is CCn1c(NC(=S)NC2CCCCC2)nnc1SCc1ccccc1Cl. The number of thiocarbonyl (C=S) groups is 1. The molecular formula is C18H24ClN5S2. The first-order valence-electron chi connectivity index (χ1n) is 9.04. The highest BCUT2D eigenvalue weighted by atomic mass is 35.5. The van der Waals surface area contributed by atoms with Gasteiger partial charge in [0.05, 0.1) is 0 Å². The van der Waals surface area contributed by atoms with E-state index in [1.165, 1.54) is 32.1 Å². The molecule has 5 nitrogen and oxygen atoms in total. The van der Waals surface area contributed by atoms with Gasteiger partial charge in [-0.3, -0.25) is 4.57 Å². The summed E-state index contributed by atoms with van der Waals surface area (Å²) in [6.07, 6.45) is 6.24. The van der Waals surface area contributed by atoms with Crippen LogP contribution in [0, 0.1) is 0 Å². The number of nitrogens with zero attached hydrogens (tertiary/aromatic N) is 3. The minimum atomic E-state index is 0.468. The van der Waals surface area contributed by atoms with Crippen LogP contribution in [-0.4, -0.2) is 25.9 Å². The summed E-state index contributed by atoms with van der Waals surface area (Å²) in [4.78, 5) is 0. The van der Waals surface area contributed by atoms with Crippen LogP contribution in [0.5, 0.6) is 0 Å². The lowest BCUT2D eigenvalue weighted by Gasteiger charge is -2.24. The molecule has 1 aliphatic rings. The number of rotatable bonds is 6. The third-order valence-electron chi connectivity index (χ3n) is 4.51. The smallest absolute Gasteiger partial charge is 0.231 e. The van der Waals surface area contributed by atoms with Crippen molar-refractivity contribution in [3.63, 3.8) is 0 Å². The Bertz CT molecular complexity index is 743. The van der Waals surface area contributed by atoms with E-state index in [0.29, 0.717) is 17.1 Å². The van der Waals surface area contributed by atoms with Gasteiger partial charge in [-0.25, -0.2) is 0 Å². The average Bonchev–Trinajstić information content (AvgIpc) is 3.03. The zero-order valence-corrected chi connectivity index (χ0v) is 17.3. The van der Waals surface area contributed by atoms with E-state index >= 15 is 0 Å². The molecule has 2 aromatic rings. The molecule has 0 spiro atoms. The second kappa shape index (κ2) is 9.58. The van der Waals surface area contributed by atoms with E-state index in [9.17, 15) is 0 Å². The summed E-state index contributed by atoms with van der Waals surface area (Å²) >= 11 is 13.3. The second-order valence-electron chi connectivity index (χ2n) is 6.36. The maximum Gasteiger partial charge on any atom is 0.231 e. The normalized spacial score (nSPS) is 15.0. The van der Waals surface area contributed by atoms with Crippen molar-refractivity contribution in [3.8, 4) is 0 Å². The third kappa shape index (κ3) is 5.11. The molecule has 0 aliphatic heterocycles. The fraction of sp³-hybridized carbons (Fsp3) is 0.500. The molecule has 1 aromatic heterocycles. The molecular weight excluding hydrogens is 386 g/mol. The third-order valence-corrected chi connectivity index (χ3v) is 6.12. The van der Waals surface area contributed by atoms with E-state index in [1.54, 1.807) is 11.8 Å². The van der Waals surface area contributed by atoms with Crippen LogP contribution in [0.4, 0.5) is 5.95 Å². The van der Waals surface area contributed by atoms with Crippen LogP contribution in [0.3, 0.4) is 0 Å². The largest absolute Gasteiger partial charge is 0.360 e. The molecule has 26 heavy (non-hydrogen) atoms. The molecule has 1 aromatic carbocycles. The van der Waals surface area contributed by atoms with Crippen molar-refractivity contribution < 1.29 is 0 Å². The van der Waals surface area contributed by atoms with Crippen LogP contribution in [0.1, 0.15) is 44.6 Å². The summed E-state index contributed by atoms with van der Waals surface area (Å²) in [5.74, 6) is 1.44. The van der Waals surface area contributed by atoms with Gasteiger partial charge in [-0.1, -0.05) is 60.8 Å². The van der Waals surface area contributed by atoms with Crippen molar-refractivity contribution in [2.75, 3.05) is 5.32 Å². The van der Waals surface area contributed by atoms with E-state index < -0.39 is 0 Å². The molecule has 0 bridgehead atoms. The molecule has 140 valence electrons. The molecule has 3 rings (SSSR count).